The molecule has 0 aromatic rings. The second-order valence-corrected chi connectivity index (χ2v) is 6.31. The van der Waals surface area contributed by atoms with Gasteiger partial charge in [0.2, 0.25) is 0 Å². The van der Waals surface area contributed by atoms with Gasteiger partial charge in [-0.3, -0.25) is 0 Å². The van der Waals surface area contributed by atoms with E-state index in [1.807, 2.05) is 0 Å². The molecule has 0 radical (unpaired) electrons. The summed E-state index contributed by atoms with van der Waals surface area (Å²) in [7, 11) is 0. The molecule has 1 aliphatic carbocycles. The molecule has 1 unspecified atom stereocenters. The van der Waals surface area contributed by atoms with E-state index in [1.165, 1.54) is 6.42 Å². The maximum absolute atomic E-state index is 10.4. The Hall–Kier alpha value is -0.730. The van der Waals surface area contributed by atoms with Gasteiger partial charge in [0, 0.05) is 6.54 Å². The first-order chi connectivity index (χ1) is 6.72. The molecule has 1 aliphatic rings. The van der Waals surface area contributed by atoms with Crippen LogP contribution in [0.25, 0.3) is 0 Å². The summed E-state index contributed by atoms with van der Waals surface area (Å²) in [6, 6.07) is 0. The lowest BCUT2D eigenvalue weighted by molar-refractivity contribution is -0.251. The summed E-state index contributed by atoms with van der Waals surface area (Å²) in [6.45, 7) is 9.46. The van der Waals surface area contributed by atoms with Crippen LogP contribution in [0.15, 0.2) is 0 Å². The van der Waals surface area contributed by atoms with Gasteiger partial charge in [0.15, 0.2) is 0 Å². The van der Waals surface area contributed by atoms with Gasteiger partial charge in [-0.1, -0.05) is 27.7 Å². The van der Waals surface area contributed by atoms with Crippen molar-refractivity contribution in [2.75, 3.05) is 6.54 Å². The van der Waals surface area contributed by atoms with E-state index in [9.17, 15) is 9.90 Å². The molecule has 2 atom stereocenters. The van der Waals surface area contributed by atoms with Gasteiger partial charge in [-0.05, 0) is 36.0 Å². The molecule has 1 N–H and O–H groups in total. The third kappa shape index (κ3) is 3.73. The normalized spacial score (nSPS) is 34.8. The van der Waals surface area contributed by atoms with Gasteiger partial charge in [0.1, 0.15) is 6.09 Å². The zero-order valence-corrected chi connectivity index (χ0v) is 10.2. The van der Waals surface area contributed by atoms with Crippen molar-refractivity contribution in [3.8, 4) is 0 Å². The molecule has 0 saturated heterocycles. The number of carbonyl (C=O) groups excluding carboxylic acids is 1. The third-order valence-corrected chi connectivity index (χ3v) is 3.31. The fourth-order valence-electron chi connectivity index (χ4n) is 3.58. The van der Waals surface area contributed by atoms with E-state index in [-0.39, 0.29) is 5.41 Å². The first kappa shape index (κ1) is 12.3. The minimum atomic E-state index is -1.16. The lowest BCUT2D eigenvalue weighted by atomic mass is 9.61. The summed E-state index contributed by atoms with van der Waals surface area (Å²) in [5, 5.41) is 12.8. The van der Waals surface area contributed by atoms with Gasteiger partial charge in [-0.25, -0.2) is 0 Å². The highest BCUT2D eigenvalue weighted by atomic mass is 16.4. The Kier molecular flexibility index (Phi) is 3.31. The van der Waals surface area contributed by atoms with Crippen LogP contribution in [0.4, 0.5) is 4.79 Å². The van der Waals surface area contributed by atoms with Gasteiger partial charge in [0.25, 0.3) is 0 Å². The zero-order valence-electron chi connectivity index (χ0n) is 10.2. The van der Waals surface area contributed by atoms with Crippen LogP contribution >= 0.6 is 0 Å². The predicted molar refractivity (Wildman–Crippen MR) is 58.3 cm³/mol. The minimum Gasteiger partial charge on any atom is -0.530 e. The summed E-state index contributed by atoms with van der Waals surface area (Å²) in [4.78, 5) is 10.4. The van der Waals surface area contributed by atoms with E-state index in [4.69, 9.17) is 0 Å². The highest BCUT2D eigenvalue weighted by Crippen LogP contribution is 2.47. The summed E-state index contributed by atoms with van der Waals surface area (Å²) in [5.41, 5.74) is 0.404. The lowest BCUT2D eigenvalue weighted by Gasteiger charge is -2.46. The average molecular weight is 212 g/mol. The van der Waals surface area contributed by atoms with E-state index in [2.05, 4.69) is 33.0 Å². The average Bonchev–Trinajstić information content (AvgIpc) is 1.96. The van der Waals surface area contributed by atoms with Crippen molar-refractivity contribution in [2.45, 2.75) is 47.0 Å². The van der Waals surface area contributed by atoms with Gasteiger partial charge in [0.05, 0.1) is 0 Å². The first-order valence-corrected chi connectivity index (χ1v) is 5.67. The van der Waals surface area contributed by atoms with Crippen molar-refractivity contribution in [3.63, 3.8) is 0 Å². The van der Waals surface area contributed by atoms with Crippen LogP contribution < -0.4 is 10.4 Å². The fraction of sp³-hybridized carbons (Fsp3) is 0.917. The van der Waals surface area contributed by atoms with Gasteiger partial charge < -0.3 is 15.2 Å². The van der Waals surface area contributed by atoms with Crippen LogP contribution in [0.1, 0.15) is 47.0 Å². The Labute approximate surface area is 92.3 Å². The fourth-order valence-corrected chi connectivity index (χ4v) is 3.58. The maximum atomic E-state index is 10.4. The molecule has 0 bridgehead atoms. The molecule has 3 heteroatoms. The summed E-state index contributed by atoms with van der Waals surface area (Å²) >= 11 is 0. The van der Waals surface area contributed by atoms with Crippen molar-refractivity contribution >= 4 is 6.09 Å². The van der Waals surface area contributed by atoms with Crippen molar-refractivity contribution in [3.05, 3.63) is 0 Å². The highest BCUT2D eigenvalue weighted by molar-refractivity contribution is 5.61. The topological polar surface area (TPSA) is 52.2 Å². The van der Waals surface area contributed by atoms with Crippen molar-refractivity contribution in [1.29, 1.82) is 0 Å². The largest absolute Gasteiger partial charge is 0.530 e. The molecule has 88 valence electrons. The first-order valence-electron chi connectivity index (χ1n) is 5.67. The molecular weight excluding hydrogens is 190 g/mol. The molecule has 0 aromatic carbocycles. The predicted octanol–water partition coefficient (Wildman–Crippen LogP) is 1.77. The Morgan fingerprint density at radius 2 is 2.00 bits per heavy atom. The molecule has 1 fully saturated rings. The van der Waals surface area contributed by atoms with Gasteiger partial charge in [-0.15, -0.1) is 0 Å². The Balaban J connectivity index is 2.62. The van der Waals surface area contributed by atoms with Crippen LogP contribution in [0.2, 0.25) is 0 Å². The molecule has 3 nitrogen and oxygen atoms in total. The standard InChI is InChI=1S/C12H23NO2/c1-9-5-11(2,3)7-12(4,6-9)8-13-10(14)15/h9,13H,5-8H2,1-4H3,(H,14,15)/p-1/t9-,12?/m1/s1. The molecule has 1 amide bonds. The van der Waals surface area contributed by atoms with Crippen LogP contribution in [0.3, 0.4) is 0 Å². The number of hydrogen-bond acceptors (Lipinski definition) is 2. The van der Waals surface area contributed by atoms with Crippen molar-refractivity contribution in [1.82, 2.24) is 5.32 Å². The van der Waals surface area contributed by atoms with Crippen molar-refractivity contribution in [2.24, 2.45) is 16.7 Å². The van der Waals surface area contributed by atoms with Crippen LogP contribution in [0.5, 0.6) is 0 Å². The molecular formula is C12H22NO2-. The van der Waals surface area contributed by atoms with Crippen molar-refractivity contribution < 1.29 is 9.90 Å². The number of amides is 1. The van der Waals surface area contributed by atoms with E-state index in [1.54, 1.807) is 0 Å². The molecule has 0 aromatic heterocycles. The quantitative estimate of drug-likeness (QED) is 0.758. The van der Waals surface area contributed by atoms with E-state index < -0.39 is 6.09 Å². The van der Waals surface area contributed by atoms with E-state index in [0.717, 1.165) is 12.8 Å². The Morgan fingerprint density at radius 3 is 2.47 bits per heavy atom. The molecule has 1 rings (SSSR count). The number of nitrogens with one attached hydrogen (secondary N) is 1. The van der Waals surface area contributed by atoms with Crippen LogP contribution in [-0.2, 0) is 0 Å². The summed E-state index contributed by atoms with van der Waals surface area (Å²) in [6.07, 6.45) is 2.24. The van der Waals surface area contributed by atoms with E-state index in [0.29, 0.717) is 17.9 Å². The third-order valence-electron chi connectivity index (χ3n) is 3.31. The lowest BCUT2D eigenvalue weighted by Crippen LogP contribution is -2.46. The monoisotopic (exact) mass is 212 g/mol. The Bertz CT molecular complexity index is 250. The molecule has 1 saturated carbocycles. The SMILES string of the molecule is C[C@@H]1CC(C)(C)CC(C)(CNC(=O)[O-])C1. The zero-order chi connectivity index (χ0) is 11.7. The number of rotatable bonds is 2. The second kappa shape index (κ2) is 4.03. The minimum absolute atomic E-state index is 0.0846. The Morgan fingerprint density at radius 1 is 1.40 bits per heavy atom. The summed E-state index contributed by atoms with van der Waals surface area (Å²) < 4.78 is 0. The van der Waals surface area contributed by atoms with Gasteiger partial charge >= 0.3 is 0 Å². The van der Waals surface area contributed by atoms with E-state index >= 15 is 0 Å². The van der Waals surface area contributed by atoms with Gasteiger partial charge in [-0.2, -0.15) is 0 Å². The number of hydrogen-bond donors (Lipinski definition) is 1. The summed E-state index contributed by atoms with van der Waals surface area (Å²) in [5.74, 6) is 0.669. The molecule has 0 heterocycles. The molecule has 0 spiro atoms. The molecule has 0 aliphatic heterocycles. The highest BCUT2D eigenvalue weighted by Gasteiger charge is 2.39. The smallest absolute Gasteiger partial charge is 0.134 e. The number of carboxylic acid groups (broad SMARTS) is 1. The maximum Gasteiger partial charge on any atom is 0.134 e. The van der Waals surface area contributed by atoms with Crippen LogP contribution in [0, 0.1) is 16.7 Å². The molecule has 15 heavy (non-hydrogen) atoms. The number of carbonyl (C=O) groups is 1. The second-order valence-electron chi connectivity index (χ2n) is 6.31. The van der Waals surface area contributed by atoms with Crippen LogP contribution in [-0.4, -0.2) is 12.6 Å².